The van der Waals surface area contributed by atoms with Crippen LogP contribution >= 0.6 is 0 Å². The second kappa shape index (κ2) is 6.50. The van der Waals surface area contributed by atoms with Gasteiger partial charge in [0.1, 0.15) is 0 Å². The standard InChI is InChI=1S/C18H16O/c1-2-9-17(14-15-10-5-3-6-11-15)18(19)16-12-7-4-8-13-16/h2-8,10-14H,1,9H2. The molecule has 0 heterocycles. The average molecular weight is 248 g/mol. The Morgan fingerprint density at radius 1 is 0.947 bits per heavy atom. The van der Waals surface area contributed by atoms with Crippen LogP contribution in [0.1, 0.15) is 22.3 Å². The maximum atomic E-state index is 12.4. The minimum atomic E-state index is 0.0596. The summed E-state index contributed by atoms with van der Waals surface area (Å²) in [6, 6.07) is 19.2. The van der Waals surface area contributed by atoms with Gasteiger partial charge < -0.3 is 0 Å². The summed E-state index contributed by atoms with van der Waals surface area (Å²) in [6.07, 6.45) is 4.26. The van der Waals surface area contributed by atoms with Gasteiger partial charge in [0.05, 0.1) is 0 Å². The number of rotatable bonds is 5. The Balaban J connectivity index is 2.33. The van der Waals surface area contributed by atoms with Crippen molar-refractivity contribution in [3.05, 3.63) is 90.0 Å². The maximum absolute atomic E-state index is 12.4. The molecule has 0 saturated carbocycles. The fraction of sp³-hybridized carbons (Fsp3) is 0.0556. The summed E-state index contributed by atoms with van der Waals surface area (Å²) in [7, 11) is 0. The van der Waals surface area contributed by atoms with Crippen LogP contribution in [0.15, 0.2) is 78.9 Å². The summed E-state index contributed by atoms with van der Waals surface area (Å²) >= 11 is 0. The normalized spacial score (nSPS) is 11.1. The molecule has 0 unspecified atom stereocenters. The van der Waals surface area contributed by atoms with Crippen LogP contribution in [0.4, 0.5) is 0 Å². The van der Waals surface area contributed by atoms with Gasteiger partial charge in [0, 0.05) is 11.1 Å². The first-order chi connectivity index (χ1) is 9.31. The van der Waals surface area contributed by atoms with Crippen LogP contribution in [-0.4, -0.2) is 5.78 Å². The maximum Gasteiger partial charge on any atom is 0.189 e. The number of ketones is 1. The largest absolute Gasteiger partial charge is 0.289 e. The molecule has 94 valence electrons. The number of hydrogen-bond acceptors (Lipinski definition) is 1. The van der Waals surface area contributed by atoms with Crippen LogP contribution in [0, 0.1) is 0 Å². The first kappa shape index (κ1) is 13.0. The van der Waals surface area contributed by atoms with Crippen molar-refractivity contribution < 1.29 is 4.79 Å². The van der Waals surface area contributed by atoms with E-state index in [0.29, 0.717) is 12.0 Å². The van der Waals surface area contributed by atoms with Crippen molar-refractivity contribution in [3.63, 3.8) is 0 Å². The van der Waals surface area contributed by atoms with Crippen LogP contribution in [-0.2, 0) is 0 Å². The molecule has 1 nitrogen and oxygen atoms in total. The molecule has 0 saturated heterocycles. The number of allylic oxidation sites excluding steroid dienone is 2. The molecule has 0 fully saturated rings. The summed E-state index contributed by atoms with van der Waals surface area (Å²) in [5, 5.41) is 0. The Hall–Kier alpha value is -2.41. The molecule has 0 amide bonds. The zero-order chi connectivity index (χ0) is 13.5. The minimum Gasteiger partial charge on any atom is -0.289 e. The van der Waals surface area contributed by atoms with E-state index in [4.69, 9.17) is 0 Å². The molecule has 0 spiro atoms. The van der Waals surface area contributed by atoms with Gasteiger partial charge in [0.25, 0.3) is 0 Å². The predicted octanol–water partition coefficient (Wildman–Crippen LogP) is 4.53. The average Bonchev–Trinajstić information content (AvgIpc) is 2.48. The van der Waals surface area contributed by atoms with Gasteiger partial charge in [-0.1, -0.05) is 66.7 Å². The monoisotopic (exact) mass is 248 g/mol. The Morgan fingerprint density at radius 3 is 2.11 bits per heavy atom. The molecule has 0 aliphatic carbocycles. The van der Waals surface area contributed by atoms with Crippen molar-refractivity contribution in [1.29, 1.82) is 0 Å². The van der Waals surface area contributed by atoms with Gasteiger partial charge in [0.15, 0.2) is 5.78 Å². The number of carbonyl (C=O) groups excluding carboxylic acids is 1. The third-order valence-electron chi connectivity index (χ3n) is 2.83. The fourth-order valence-corrected chi connectivity index (χ4v) is 1.90. The third kappa shape index (κ3) is 3.52. The second-order valence-corrected chi connectivity index (χ2v) is 4.27. The van der Waals surface area contributed by atoms with Gasteiger partial charge in [-0.3, -0.25) is 4.79 Å². The number of Topliss-reactive ketones (excluding diaryl/α,β-unsaturated/α-hetero) is 1. The zero-order valence-corrected chi connectivity index (χ0v) is 10.8. The van der Waals surface area contributed by atoms with Crippen molar-refractivity contribution in [2.75, 3.05) is 0 Å². The molecule has 1 heteroatoms. The lowest BCUT2D eigenvalue weighted by Gasteiger charge is -2.05. The zero-order valence-electron chi connectivity index (χ0n) is 10.8. The lowest BCUT2D eigenvalue weighted by Crippen LogP contribution is -2.02. The Kier molecular flexibility index (Phi) is 4.46. The van der Waals surface area contributed by atoms with E-state index in [2.05, 4.69) is 6.58 Å². The van der Waals surface area contributed by atoms with E-state index in [9.17, 15) is 4.79 Å². The van der Waals surface area contributed by atoms with Crippen molar-refractivity contribution in [1.82, 2.24) is 0 Å². The summed E-state index contributed by atoms with van der Waals surface area (Å²) in [5.74, 6) is 0.0596. The molecule has 0 radical (unpaired) electrons. The molecule has 0 aliphatic heterocycles. The summed E-state index contributed by atoms with van der Waals surface area (Å²) in [4.78, 5) is 12.4. The van der Waals surface area contributed by atoms with Crippen LogP contribution < -0.4 is 0 Å². The lowest BCUT2D eigenvalue weighted by atomic mass is 9.98. The van der Waals surface area contributed by atoms with Gasteiger partial charge in [-0.2, -0.15) is 0 Å². The topological polar surface area (TPSA) is 17.1 Å². The van der Waals surface area contributed by atoms with Gasteiger partial charge in [-0.05, 0) is 18.1 Å². The van der Waals surface area contributed by atoms with Crippen LogP contribution in [0.5, 0.6) is 0 Å². The molecule has 2 aromatic carbocycles. The van der Waals surface area contributed by atoms with Crippen LogP contribution in [0.3, 0.4) is 0 Å². The minimum absolute atomic E-state index is 0.0596. The quantitative estimate of drug-likeness (QED) is 0.431. The fourth-order valence-electron chi connectivity index (χ4n) is 1.90. The van der Waals surface area contributed by atoms with Crippen LogP contribution in [0.2, 0.25) is 0 Å². The summed E-state index contributed by atoms with van der Waals surface area (Å²) in [5.41, 5.74) is 2.50. The van der Waals surface area contributed by atoms with Gasteiger partial charge >= 0.3 is 0 Å². The molecular formula is C18H16O. The number of carbonyl (C=O) groups is 1. The highest BCUT2D eigenvalue weighted by atomic mass is 16.1. The van der Waals surface area contributed by atoms with E-state index >= 15 is 0 Å². The number of hydrogen-bond donors (Lipinski definition) is 0. The summed E-state index contributed by atoms with van der Waals surface area (Å²) in [6.45, 7) is 3.73. The molecule has 0 bridgehead atoms. The predicted molar refractivity (Wildman–Crippen MR) is 80.0 cm³/mol. The van der Waals surface area contributed by atoms with E-state index < -0.39 is 0 Å². The van der Waals surface area contributed by atoms with Crippen molar-refractivity contribution in [2.24, 2.45) is 0 Å². The van der Waals surface area contributed by atoms with E-state index in [1.807, 2.05) is 66.7 Å². The van der Waals surface area contributed by atoms with Crippen LogP contribution in [0.25, 0.3) is 6.08 Å². The molecule has 0 aromatic heterocycles. The van der Waals surface area contributed by atoms with Gasteiger partial charge in [0.2, 0.25) is 0 Å². The second-order valence-electron chi connectivity index (χ2n) is 4.27. The Morgan fingerprint density at radius 2 is 1.53 bits per heavy atom. The first-order valence-corrected chi connectivity index (χ1v) is 6.27. The molecule has 2 aromatic rings. The SMILES string of the molecule is C=CCC(=Cc1ccccc1)C(=O)c1ccccc1. The van der Waals surface area contributed by atoms with Crippen molar-refractivity contribution in [2.45, 2.75) is 6.42 Å². The molecule has 0 atom stereocenters. The highest BCUT2D eigenvalue weighted by Gasteiger charge is 2.10. The molecular weight excluding hydrogens is 232 g/mol. The van der Waals surface area contributed by atoms with E-state index in [0.717, 1.165) is 11.1 Å². The molecule has 2 rings (SSSR count). The van der Waals surface area contributed by atoms with E-state index in [1.54, 1.807) is 6.08 Å². The van der Waals surface area contributed by atoms with Crippen molar-refractivity contribution in [3.8, 4) is 0 Å². The first-order valence-electron chi connectivity index (χ1n) is 6.27. The van der Waals surface area contributed by atoms with E-state index in [1.165, 1.54) is 0 Å². The Labute approximate surface area is 113 Å². The lowest BCUT2D eigenvalue weighted by molar-refractivity contribution is 0.103. The third-order valence-corrected chi connectivity index (χ3v) is 2.83. The Bertz CT molecular complexity index is 580. The highest BCUT2D eigenvalue weighted by molar-refractivity contribution is 6.11. The van der Waals surface area contributed by atoms with Crippen molar-refractivity contribution >= 4 is 11.9 Å². The molecule has 0 N–H and O–H groups in total. The smallest absolute Gasteiger partial charge is 0.189 e. The molecule has 19 heavy (non-hydrogen) atoms. The van der Waals surface area contributed by atoms with Gasteiger partial charge in [-0.25, -0.2) is 0 Å². The number of benzene rings is 2. The molecule has 0 aliphatic rings. The highest BCUT2D eigenvalue weighted by Crippen LogP contribution is 2.16. The van der Waals surface area contributed by atoms with Gasteiger partial charge in [-0.15, -0.1) is 6.58 Å². The van der Waals surface area contributed by atoms with E-state index in [-0.39, 0.29) is 5.78 Å². The summed E-state index contributed by atoms with van der Waals surface area (Å²) < 4.78 is 0.